The lowest BCUT2D eigenvalue weighted by Gasteiger charge is -2.32. The lowest BCUT2D eigenvalue weighted by molar-refractivity contribution is -0.130. The third kappa shape index (κ3) is 2.75. The number of hydrogen-bond acceptors (Lipinski definition) is 3. The van der Waals surface area contributed by atoms with Crippen LogP contribution in [0.3, 0.4) is 0 Å². The number of nitrogens with zero attached hydrogens (tertiary/aromatic N) is 2. The Hall–Kier alpha value is -1.58. The first-order valence-corrected chi connectivity index (χ1v) is 6.10. The minimum atomic E-state index is 0.178. The molecule has 1 aliphatic rings. The number of hydrogen-bond donors (Lipinski definition) is 1. The fraction of sp³-hybridized carbons (Fsp3) is 0.538. The SMILES string of the molecule is CNc1cc([C@@H]2CCCN(C(C)=O)C2)ccn1. The molecule has 2 heterocycles. The largest absolute Gasteiger partial charge is 0.373 e. The molecule has 0 saturated carbocycles. The monoisotopic (exact) mass is 233 g/mol. The Morgan fingerprint density at radius 3 is 3.12 bits per heavy atom. The summed E-state index contributed by atoms with van der Waals surface area (Å²) >= 11 is 0. The molecule has 1 fully saturated rings. The van der Waals surface area contributed by atoms with Crippen molar-refractivity contribution in [2.75, 3.05) is 25.5 Å². The van der Waals surface area contributed by atoms with E-state index in [1.165, 1.54) is 5.56 Å². The second-order valence-electron chi connectivity index (χ2n) is 4.53. The zero-order valence-corrected chi connectivity index (χ0v) is 10.4. The Morgan fingerprint density at radius 2 is 2.41 bits per heavy atom. The molecule has 1 amide bonds. The maximum atomic E-state index is 11.4. The van der Waals surface area contributed by atoms with Gasteiger partial charge in [-0.1, -0.05) is 0 Å². The molecule has 1 N–H and O–H groups in total. The van der Waals surface area contributed by atoms with E-state index in [-0.39, 0.29) is 5.91 Å². The zero-order valence-electron chi connectivity index (χ0n) is 10.4. The molecule has 0 unspecified atom stereocenters. The lowest BCUT2D eigenvalue weighted by atomic mass is 9.91. The van der Waals surface area contributed by atoms with Gasteiger partial charge in [0.15, 0.2) is 0 Å². The van der Waals surface area contributed by atoms with Crippen molar-refractivity contribution < 1.29 is 4.79 Å². The van der Waals surface area contributed by atoms with Gasteiger partial charge in [0, 0.05) is 39.2 Å². The number of nitrogens with one attached hydrogen (secondary N) is 1. The minimum absolute atomic E-state index is 0.178. The highest BCUT2D eigenvalue weighted by Crippen LogP contribution is 2.27. The van der Waals surface area contributed by atoms with E-state index in [4.69, 9.17) is 0 Å². The topological polar surface area (TPSA) is 45.2 Å². The van der Waals surface area contributed by atoms with Crippen molar-refractivity contribution in [3.05, 3.63) is 23.9 Å². The standard InChI is InChI=1S/C13H19N3O/c1-10(17)16-7-3-4-12(9-16)11-5-6-15-13(8-11)14-2/h5-6,8,12H,3-4,7,9H2,1-2H3,(H,14,15)/t12-/m1/s1. The molecule has 17 heavy (non-hydrogen) atoms. The van der Waals surface area contributed by atoms with Crippen LogP contribution in [0, 0.1) is 0 Å². The molecular weight excluding hydrogens is 214 g/mol. The molecule has 0 bridgehead atoms. The zero-order chi connectivity index (χ0) is 12.3. The van der Waals surface area contributed by atoms with Crippen LogP contribution in [0.1, 0.15) is 31.2 Å². The fourth-order valence-corrected chi connectivity index (χ4v) is 2.37. The number of aromatic nitrogens is 1. The maximum absolute atomic E-state index is 11.4. The van der Waals surface area contributed by atoms with E-state index < -0.39 is 0 Å². The first-order valence-electron chi connectivity index (χ1n) is 6.10. The molecule has 4 heteroatoms. The van der Waals surface area contributed by atoms with Gasteiger partial charge in [-0.2, -0.15) is 0 Å². The summed E-state index contributed by atoms with van der Waals surface area (Å²) in [6.07, 6.45) is 4.06. The number of anilines is 1. The van der Waals surface area contributed by atoms with Crippen molar-refractivity contribution in [2.24, 2.45) is 0 Å². The van der Waals surface area contributed by atoms with Crippen molar-refractivity contribution in [1.82, 2.24) is 9.88 Å². The predicted molar refractivity (Wildman–Crippen MR) is 68.0 cm³/mol. The quantitative estimate of drug-likeness (QED) is 0.848. The Kier molecular flexibility index (Phi) is 3.61. The van der Waals surface area contributed by atoms with E-state index in [2.05, 4.69) is 22.4 Å². The average molecular weight is 233 g/mol. The molecule has 0 aliphatic carbocycles. The predicted octanol–water partition coefficient (Wildman–Crippen LogP) is 1.85. The van der Waals surface area contributed by atoms with Crippen LogP contribution in [0.15, 0.2) is 18.3 Å². The fourth-order valence-electron chi connectivity index (χ4n) is 2.37. The molecule has 4 nitrogen and oxygen atoms in total. The molecule has 1 aromatic heterocycles. The Morgan fingerprint density at radius 1 is 1.59 bits per heavy atom. The highest BCUT2D eigenvalue weighted by Gasteiger charge is 2.22. The summed E-state index contributed by atoms with van der Waals surface area (Å²) in [5.74, 6) is 1.52. The van der Waals surface area contributed by atoms with Crippen LogP contribution in [-0.2, 0) is 4.79 Å². The normalized spacial score (nSPS) is 20.1. The number of carbonyl (C=O) groups excluding carboxylic acids is 1. The summed E-state index contributed by atoms with van der Waals surface area (Å²) in [7, 11) is 1.87. The van der Waals surface area contributed by atoms with Crippen LogP contribution in [-0.4, -0.2) is 35.9 Å². The van der Waals surface area contributed by atoms with Crippen molar-refractivity contribution in [3.63, 3.8) is 0 Å². The van der Waals surface area contributed by atoms with Gasteiger partial charge in [-0.15, -0.1) is 0 Å². The summed E-state index contributed by atoms with van der Waals surface area (Å²) in [5.41, 5.74) is 1.27. The molecule has 2 rings (SSSR count). The third-order valence-corrected chi connectivity index (χ3v) is 3.38. The van der Waals surface area contributed by atoms with Gasteiger partial charge < -0.3 is 10.2 Å². The molecule has 1 atom stereocenters. The highest BCUT2D eigenvalue weighted by atomic mass is 16.2. The average Bonchev–Trinajstić information content (AvgIpc) is 2.39. The summed E-state index contributed by atoms with van der Waals surface area (Å²) in [6, 6.07) is 4.13. The highest BCUT2D eigenvalue weighted by molar-refractivity contribution is 5.73. The molecule has 92 valence electrons. The van der Waals surface area contributed by atoms with E-state index in [1.54, 1.807) is 6.92 Å². The number of rotatable bonds is 2. The van der Waals surface area contributed by atoms with Crippen molar-refractivity contribution in [3.8, 4) is 0 Å². The first kappa shape index (κ1) is 11.9. The van der Waals surface area contributed by atoms with Gasteiger partial charge in [-0.05, 0) is 30.5 Å². The number of amides is 1. The molecular formula is C13H19N3O. The number of likely N-dealkylation sites (tertiary alicyclic amines) is 1. The number of carbonyl (C=O) groups is 1. The van der Waals surface area contributed by atoms with Crippen LogP contribution in [0.5, 0.6) is 0 Å². The van der Waals surface area contributed by atoms with Crippen LogP contribution >= 0.6 is 0 Å². The third-order valence-electron chi connectivity index (χ3n) is 3.38. The van der Waals surface area contributed by atoms with E-state index in [1.807, 2.05) is 18.1 Å². The lowest BCUT2D eigenvalue weighted by Crippen LogP contribution is -2.37. The Bertz CT molecular complexity index is 405. The van der Waals surface area contributed by atoms with Gasteiger partial charge in [0.05, 0.1) is 0 Å². The molecule has 0 radical (unpaired) electrons. The summed E-state index contributed by atoms with van der Waals surface area (Å²) in [4.78, 5) is 17.6. The first-order chi connectivity index (χ1) is 8.20. The Balaban J connectivity index is 2.13. The summed E-state index contributed by atoms with van der Waals surface area (Å²) < 4.78 is 0. The van der Waals surface area contributed by atoms with E-state index in [0.29, 0.717) is 5.92 Å². The van der Waals surface area contributed by atoms with Gasteiger partial charge in [0.2, 0.25) is 5.91 Å². The second kappa shape index (κ2) is 5.17. The molecule has 1 aliphatic heterocycles. The molecule has 1 saturated heterocycles. The van der Waals surface area contributed by atoms with Gasteiger partial charge >= 0.3 is 0 Å². The molecule has 1 aromatic rings. The van der Waals surface area contributed by atoms with Crippen molar-refractivity contribution in [2.45, 2.75) is 25.7 Å². The van der Waals surface area contributed by atoms with E-state index in [0.717, 1.165) is 31.7 Å². The van der Waals surface area contributed by atoms with Gasteiger partial charge in [-0.25, -0.2) is 4.98 Å². The van der Waals surface area contributed by atoms with Gasteiger partial charge in [0.1, 0.15) is 5.82 Å². The van der Waals surface area contributed by atoms with E-state index >= 15 is 0 Å². The number of piperidine rings is 1. The molecule has 0 aromatic carbocycles. The van der Waals surface area contributed by atoms with Crippen molar-refractivity contribution >= 4 is 11.7 Å². The van der Waals surface area contributed by atoms with E-state index in [9.17, 15) is 4.79 Å². The molecule has 0 spiro atoms. The van der Waals surface area contributed by atoms with Gasteiger partial charge in [0.25, 0.3) is 0 Å². The second-order valence-corrected chi connectivity index (χ2v) is 4.53. The van der Waals surface area contributed by atoms with Crippen molar-refractivity contribution in [1.29, 1.82) is 0 Å². The Labute approximate surface area is 102 Å². The maximum Gasteiger partial charge on any atom is 0.219 e. The van der Waals surface area contributed by atoms with Gasteiger partial charge in [-0.3, -0.25) is 4.79 Å². The van der Waals surface area contributed by atoms with Crippen LogP contribution < -0.4 is 5.32 Å². The van der Waals surface area contributed by atoms with Crippen LogP contribution in [0.2, 0.25) is 0 Å². The van der Waals surface area contributed by atoms with Crippen LogP contribution in [0.25, 0.3) is 0 Å². The number of pyridine rings is 1. The summed E-state index contributed by atoms with van der Waals surface area (Å²) in [5, 5.41) is 3.05. The van der Waals surface area contributed by atoms with Crippen LogP contribution in [0.4, 0.5) is 5.82 Å². The smallest absolute Gasteiger partial charge is 0.219 e. The minimum Gasteiger partial charge on any atom is -0.373 e. The summed E-state index contributed by atoms with van der Waals surface area (Å²) in [6.45, 7) is 3.38.